The molecule has 2 nitrogen and oxygen atoms in total. The van der Waals surface area contributed by atoms with Gasteiger partial charge in [0.25, 0.3) is 0 Å². The Morgan fingerprint density at radius 1 is 1.43 bits per heavy atom. The molecule has 78 valence electrons. The summed E-state index contributed by atoms with van der Waals surface area (Å²) < 4.78 is 4.98. The van der Waals surface area contributed by atoms with Crippen molar-refractivity contribution in [1.29, 1.82) is 0 Å². The van der Waals surface area contributed by atoms with Gasteiger partial charge in [-0.3, -0.25) is 4.79 Å². The average molecular weight is 194 g/mol. The number of carbonyl (C=O) groups excluding carboxylic acids is 1. The molecule has 0 fully saturated rings. The number of ether oxygens (including phenoxy) is 1. The Balaban J connectivity index is 3.71. The van der Waals surface area contributed by atoms with Crippen LogP contribution in [0.3, 0.4) is 0 Å². The molecule has 0 aliphatic carbocycles. The molecule has 2 heteroatoms. The van der Waals surface area contributed by atoms with Crippen LogP contribution in [0.1, 0.15) is 26.7 Å². The van der Waals surface area contributed by atoms with Crippen molar-refractivity contribution in [2.45, 2.75) is 32.8 Å². The zero-order valence-corrected chi connectivity index (χ0v) is 8.95. The van der Waals surface area contributed by atoms with Crippen molar-refractivity contribution in [1.82, 2.24) is 0 Å². The molecule has 0 bridgehead atoms. The Morgan fingerprint density at radius 3 is 2.57 bits per heavy atom. The van der Waals surface area contributed by atoms with Crippen molar-refractivity contribution in [3.8, 4) is 0 Å². The Hall–Kier alpha value is -1.31. The molecule has 0 aliphatic heterocycles. The van der Waals surface area contributed by atoms with E-state index in [-0.39, 0.29) is 12.1 Å². The summed E-state index contributed by atoms with van der Waals surface area (Å²) >= 11 is 0. The van der Waals surface area contributed by atoms with Gasteiger partial charge in [0.2, 0.25) is 0 Å². The minimum absolute atomic E-state index is 0.0421. The number of hydrogen-bond donors (Lipinski definition) is 0. The van der Waals surface area contributed by atoms with E-state index in [1.165, 1.54) is 0 Å². The van der Waals surface area contributed by atoms with Gasteiger partial charge in [-0.05, 0) is 20.3 Å². The third-order valence-corrected chi connectivity index (χ3v) is 1.49. The van der Waals surface area contributed by atoms with E-state index in [0.29, 0.717) is 12.8 Å². The highest BCUT2D eigenvalue weighted by Gasteiger charge is 2.04. The Bertz CT molecular complexity index is 237. The lowest BCUT2D eigenvalue weighted by Crippen LogP contribution is -2.10. The van der Waals surface area contributed by atoms with Crippen molar-refractivity contribution < 1.29 is 9.53 Å². The van der Waals surface area contributed by atoms with Crippen molar-refractivity contribution in [3.63, 3.8) is 0 Å². The number of rotatable bonds is 6. The van der Waals surface area contributed by atoms with Gasteiger partial charge >= 0.3 is 5.97 Å². The summed E-state index contributed by atoms with van der Waals surface area (Å²) in [5.74, 6) is -0.173. The second-order valence-electron chi connectivity index (χ2n) is 3.29. The van der Waals surface area contributed by atoms with Crippen molar-refractivity contribution in [2.24, 2.45) is 0 Å². The Morgan fingerprint density at radius 2 is 2.07 bits per heavy atom. The number of allylic oxidation sites excluding steroid dienone is 4. The van der Waals surface area contributed by atoms with E-state index >= 15 is 0 Å². The Labute approximate surface area is 86.0 Å². The predicted molar refractivity (Wildman–Crippen MR) is 58.9 cm³/mol. The first kappa shape index (κ1) is 12.7. The van der Waals surface area contributed by atoms with Crippen LogP contribution in [0.2, 0.25) is 0 Å². The maximum atomic E-state index is 11.1. The molecular weight excluding hydrogens is 176 g/mol. The first-order chi connectivity index (χ1) is 6.56. The molecule has 0 aromatic carbocycles. The van der Waals surface area contributed by atoms with Gasteiger partial charge in [0.05, 0.1) is 6.10 Å². The molecule has 0 heterocycles. The molecule has 0 spiro atoms. The summed E-state index contributed by atoms with van der Waals surface area (Å²) in [7, 11) is 0. The first-order valence-corrected chi connectivity index (χ1v) is 4.72. The monoisotopic (exact) mass is 194 g/mol. The van der Waals surface area contributed by atoms with E-state index < -0.39 is 0 Å². The quantitative estimate of drug-likeness (QED) is 0.480. The van der Waals surface area contributed by atoms with Crippen LogP contribution < -0.4 is 0 Å². The molecular formula is C12H18O2. The summed E-state index contributed by atoms with van der Waals surface area (Å²) in [6, 6.07) is 0. The molecule has 0 atom stereocenters. The molecule has 0 aliphatic rings. The van der Waals surface area contributed by atoms with Gasteiger partial charge in [-0.25, -0.2) is 0 Å². The van der Waals surface area contributed by atoms with Gasteiger partial charge in [0, 0.05) is 6.42 Å². The van der Waals surface area contributed by atoms with Gasteiger partial charge in [0.15, 0.2) is 0 Å². The summed E-state index contributed by atoms with van der Waals surface area (Å²) in [6.07, 6.45) is 6.30. The summed E-state index contributed by atoms with van der Waals surface area (Å²) in [6.45, 7) is 11.0. The first-order valence-electron chi connectivity index (χ1n) is 4.72. The molecule has 0 aromatic heterocycles. The van der Waals surface area contributed by atoms with E-state index in [1.807, 2.05) is 19.9 Å². The minimum Gasteiger partial charge on any atom is -0.463 e. The third kappa shape index (κ3) is 7.35. The second kappa shape index (κ2) is 7.13. The standard InChI is InChI=1S/C12H18O2/c1-5-6-7-11(4)8-9-12(13)14-10(2)3/h5-7,10H,1,4,8-9H2,2-3H3/b7-6-. The van der Waals surface area contributed by atoms with Gasteiger partial charge in [-0.15, -0.1) is 0 Å². The van der Waals surface area contributed by atoms with Gasteiger partial charge in [-0.1, -0.05) is 37.0 Å². The molecule has 0 aromatic rings. The zero-order chi connectivity index (χ0) is 11.0. The SMILES string of the molecule is C=C/C=C\C(=C)CCC(=O)OC(C)C. The predicted octanol–water partition coefficient (Wildman–Crippen LogP) is 3.02. The van der Waals surface area contributed by atoms with E-state index in [0.717, 1.165) is 5.57 Å². The van der Waals surface area contributed by atoms with Crippen molar-refractivity contribution in [3.05, 3.63) is 37.0 Å². The van der Waals surface area contributed by atoms with Crippen LogP contribution in [0.15, 0.2) is 37.0 Å². The smallest absolute Gasteiger partial charge is 0.306 e. The largest absolute Gasteiger partial charge is 0.463 e. The van der Waals surface area contributed by atoms with E-state index in [1.54, 1.807) is 12.2 Å². The van der Waals surface area contributed by atoms with Crippen molar-refractivity contribution in [2.75, 3.05) is 0 Å². The number of carbonyl (C=O) groups is 1. The lowest BCUT2D eigenvalue weighted by atomic mass is 10.1. The average Bonchev–Trinajstić information content (AvgIpc) is 2.10. The van der Waals surface area contributed by atoms with Gasteiger partial charge in [-0.2, -0.15) is 0 Å². The zero-order valence-electron chi connectivity index (χ0n) is 8.95. The molecule has 0 saturated carbocycles. The number of hydrogen-bond acceptors (Lipinski definition) is 2. The molecule has 0 unspecified atom stereocenters. The van der Waals surface area contributed by atoms with Gasteiger partial charge in [0.1, 0.15) is 0 Å². The fourth-order valence-corrected chi connectivity index (χ4v) is 0.872. The highest BCUT2D eigenvalue weighted by molar-refractivity contribution is 5.69. The van der Waals surface area contributed by atoms with E-state index in [4.69, 9.17) is 4.74 Å². The molecule has 0 saturated heterocycles. The lowest BCUT2D eigenvalue weighted by molar-refractivity contribution is -0.147. The molecule has 0 N–H and O–H groups in total. The topological polar surface area (TPSA) is 26.3 Å². The van der Waals surface area contributed by atoms with Crippen LogP contribution in [0.5, 0.6) is 0 Å². The lowest BCUT2D eigenvalue weighted by Gasteiger charge is -2.07. The molecule has 14 heavy (non-hydrogen) atoms. The van der Waals surface area contributed by atoms with E-state index in [2.05, 4.69) is 13.2 Å². The minimum atomic E-state index is -0.173. The van der Waals surface area contributed by atoms with Crippen LogP contribution in [0.4, 0.5) is 0 Å². The molecule has 0 rings (SSSR count). The van der Waals surface area contributed by atoms with Crippen LogP contribution in [-0.2, 0) is 9.53 Å². The highest BCUT2D eigenvalue weighted by atomic mass is 16.5. The fourth-order valence-electron chi connectivity index (χ4n) is 0.872. The van der Waals surface area contributed by atoms with Gasteiger partial charge < -0.3 is 4.74 Å². The molecule has 0 radical (unpaired) electrons. The maximum Gasteiger partial charge on any atom is 0.306 e. The second-order valence-corrected chi connectivity index (χ2v) is 3.29. The molecule has 0 amide bonds. The van der Waals surface area contributed by atoms with Crippen LogP contribution in [-0.4, -0.2) is 12.1 Å². The maximum absolute atomic E-state index is 11.1. The number of esters is 1. The fraction of sp³-hybridized carbons (Fsp3) is 0.417. The van der Waals surface area contributed by atoms with Crippen molar-refractivity contribution >= 4 is 5.97 Å². The van der Waals surface area contributed by atoms with Crippen LogP contribution in [0.25, 0.3) is 0 Å². The summed E-state index contributed by atoms with van der Waals surface area (Å²) in [5, 5.41) is 0. The third-order valence-electron chi connectivity index (χ3n) is 1.49. The van der Waals surface area contributed by atoms with E-state index in [9.17, 15) is 4.79 Å². The summed E-state index contributed by atoms with van der Waals surface area (Å²) in [5.41, 5.74) is 0.908. The highest BCUT2D eigenvalue weighted by Crippen LogP contribution is 2.06. The normalized spacial score (nSPS) is 10.5. The van der Waals surface area contributed by atoms with Crippen LogP contribution in [0, 0.1) is 0 Å². The summed E-state index contributed by atoms with van der Waals surface area (Å²) in [4.78, 5) is 11.1. The van der Waals surface area contributed by atoms with Crippen LogP contribution >= 0.6 is 0 Å². The Kier molecular flexibility index (Phi) is 6.46.